The Morgan fingerprint density at radius 3 is 2.74 bits per heavy atom. The molecule has 23 heavy (non-hydrogen) atoms. The summed E-state index contributed by atoms with van der Waals surface area (Å²) in [6.45, 7) is 2.55. The summed E-state index contributed by atoms with van der Waals surface area (Å²) >= 11 is 1.41. The lowest BCUT2D eigenvalue weighted by Crippen LogP contribution is -2.37. The first kappa shape index (κ1) is 21.5. The maximum absolute atomic E-state index is 11.6. The molecule has 1 amide bonds. The van der Waals surface area contributed by atoms with Crippen molar-refractivity contribution < 1.29 is 14.5 Å². The molecule has 1 aromatic carbocycles. The van der Waals surface area contributed by atoms with Gasteiger partial charge in [0.25, 0.3) is 0 Å². The van der Waals surface area contributed by atoms with Crippen molar-refractivity contribution in [2.45, 2.75) is 18.7 Å². The number of benzene rings is 1. The van der Waals surface area contributed by atoms with Crippen LogP contribution in [0.1, 0.15) is 12.5 Å². The molecule has 1 unspecified atom stereocenters. The summed E-state index contributed by atoms with van der Waals surface area (Å²) < 4.78 is 4.95. The first-order valence-electron chi connectivity index (χ1n) is 6.81. The van der Waals surface area contributed by atoms with Crippen molar-refractivity contribution in [1.82, 2.24) is 10.6 Å². The van der Waals surface area contributed by atoms with E-state index >= 15 is 0 Å². The summed E-state index contributed by atoms with van der Waals surface area (Å²) in [4.78, 5) is 22.1. The van der Waals surface area contributed by atoms with Crippen LogP contribution in [0.15, 0.2) is 18.2 Å². The number of amides is 1. The standard InChI is InChI=1S/C14H21N3O4S.ClH/c1-10(15-2)7-16-14(18)9-22-8-11-4-5-13(21-3)12(6-11)17(19)20;/h4-6,10,15H,7-9H2,1-3H3,(H,16,18);1H. The molecule has 0 aliphatic rings. The van der Waals surface area contributed by atoms with Crippen molar-refractivity contribution >= 4 is 35.8 Å². The second-order valence-electron chi connectivity index (χ2n) is 4.75. The van der Waals surface area contributed by atoms with Gasteiger partial charge < -0.3 is 15.4 Å². The molecule has 0 aliphatic carbocycles. The summed E-state index contributed by atoms with van der Waals surface area (Å²) in [6, 6.07) is 5.04. The van der Waals surface area contributed by atoms with E-state index in [0.717, 1.165) is 5.56 Å². The Hall–Kier alpha value is -1.51. The third-order valence-electron chi connectivity index (χ3n) is 3.04. The van der Waals surface area contributed by atoms with Gasteiger partial charge in [-0.3, -0.25) is 14.9 Å². The van der Waals surface area contributed by atoms with E-state index in [0.29, 0.717) is 18.1 Å². The van der Waals surface area contributed by atoms with Gasteiger partial charge in [0.15, 0.2) is 5.75 Å². The number of nitrogens with one attached hydrogen (secondary N) is 2. The summed E-state index contributed by atoms with van der Waals surface area (Å²) in [7, 11) is 3.23. The van der Waals surface area contributed by atoms with Crippen molar-refractivity contribution in [2.24, 2.45) is 0 Å². The molecule has 0 spiro atoms. The average Bonchev–Trinajstić information content (AvgIpc) is 2.52. The van der Waals surface area contributed by atoms with Crippen LogP contribution in [-0.4, -0.2) is 43.3 Å². The highest BCUT2D eigenvalue weighted by molar-refractivity contribution is 7.99. The third kappa shape index (κ3) is 7.54. The van der Waals surface area contributed by atoms with Crippen molar-refractivity contribution in [3.63, 3.8) is 0 Å². The Labute approximate surface area is 146 Å². The van der Waals surface area contributed by atoms with Crippen LogP contribution in [0.25, 0.3) is 0 Å². The summed E-state index contributed by atoms with van der Waals surface area (Å²) in [5.74, 6) is 1.03. The average molecular weight is 364 g/mol. The van der Waals surface area contributed by atoms with Crippen LogP contribution >= 0.6 is 24.2 Å². The third-order valence-corrected chi connectivity index (χ3v) is 4.04. The van der Waals surface area contributed by atoms with Crippen LogP contribution in [-0.2, 0) is 10.5 Å². The van der Waals surface area contributed by atoms with Crippen LogP contribution in [0.4, 0.5) is 5.69 Å². The molecule has 0 saturated heterocycles. The van der Waals surface area contributed by atoms with Crippen molar-refractivity contribution in [3.05, 3.63) is 33.9 Å². The normalized spacial score (nSPS) is 11.3. The first-order chi connectivity index (χ1) is 10.5. The molecule has 0 aliphatic heterocycles. The van der Waals surface area contributed by atoms with Gasteiger partial charge in [-0.1, -0.05) is 6.07 Å². The Bertz CT molecular complexity index is 531. The van der Waals surface area contributed by atoms with E-state index < -0.39 is 4.92 Å². The largest absolute Gasteiger partial charge is 0.490 e. The Morgan fingerprint density at radius 2 is 2.17 bits per heavy atom. The fourth-order valence-corrected chi connectivity index (χ4v) is 2.45. The quantitative estimate of drug-likeness (QED) is 0.514. The van der Waals surface area contributed by atoms with Gasteiger partial charge in [-0.05, 0) is 25.6 Å². The summed E-state index contributed by atoms with van der Waals surface area (Å²) in [5.41, 5.74) is 0.724. The number of methoxy groups -OCH3 is 1. The number of carbonyl (C=O) groups is 1. The summed E-state index contributed by atoms with van der Waals surface area (Å²) in [5, 5.41) is 16.8. The zero-order valence-corrected chi connectivity index (χ0v) is 15.0. The number of nitro benzene ring substituents is 1. The molecule has 9 heteroatoms. The van der Waals surface area contributed by atoms with Gasteiger partial charge in [0.1, 0.15) is 0 Å². The van der Waals surface area contributed by atoms with Crippen molar-refractivity contribution in [2.75, 3.05) is 26.5 Å². The zero-order chi connectivity index (χ0) is 16.5. The molecule has 2 N–H and O–H groups in total. The van der Waals surface area contributed by atoms with Gasteiger partial charge in [0, 0.05) is 24.4 Å². The maximum atomic E-state index is 11.6. The van der Waals surface area contributed by atoms with Crippen LogP contribution in [0.2, 0.25) is 0 Å². The Kier molecular flexibility index (Phi) is 10.4. The Balaban J connectivity index is 0.00000484. The molecule has 1 aromatic rings. The van der Waals surface area contributed by atoms with E-state index in [9.17, 15) is 14.9 Å². The molecule has 0 fully saturated rings. The fourth-order valence-electron chi connectivity index (χ4n) is 1.65. The lowest BCUT2D eigenvalue weighted by molar-refractivity contribution is -0.385. The highest BCUT2D eigenvalue weighted by Gasteiger charge is 2.15. The molecule has 0 saturated carbocycles. The number of thioether (sulfide) groups is 1. The van der Waals surface area contributed by atoms with Gasteiger partial charge in [-0.15, -0.1) is 24.2 Å². The number of halogens is 1. The van der Waals surface area contributed by atoms with Crippen molar-refractivity contribution in [3.8, 4) is 5.75 Å². The molecule has 7 nitrogen and oxygen atoms in total. The number of nitro groups is 1. The lowest BCUT2D eigenvalue weighted by atomic mass is 10.2. The monoisotopic (exact) mass is 363 g/mol. The van der Waals surface area contributed by atoms with Crippen LogP contribution in [0.5, 0.6) is 5.75 Å². The molecule has 0 aromatic heterocycles. The zero-order valence-electron chi connectivity index (χ0n) is 13.3. The number of nitrogens with zero attached hydrogens (tertiary/aromatic N) is 1. The van der Waals surface area contributed by atoms with Gasteiger partial charge in [-0.2, -0.15) is 0 Å². The number of ether oxygens (including phenoxy) is 1. The number of rotatable bonds is 9. The number of carbonyl (C=O) groups excluding carboxylic acids is 1. The van der Waals surface area contributed by atoms with Gasteiger partial charge >= 0.3 is 5.69 Å². The molecule has 0 heterocycles. The number of hydrogen-bond acceptors (Lipinski definition) is 6. The maximum Gasteiger partial charge on any atom is 0.311 e. The Morgan fingerprint density at radius 1 is 1.48 bits per heavy atom. The van der Waals surface area contributed by atoms with E-state index in [1.807, 2.05) is 14.0 Å². The molecule has 130 valence electrons. The SMILES string of the molecule is CNC(C)CNC(=O)CSCc1ccc(OC)c([N+](=O)[O-])c1.Cl. The highest BCUT2D eigenvalue weighted by atomic mass is 35.5. The van der Waals surface area contributed by atoms with Crippen LogP contribution < -0.4 is 15.4 Å². The second kappa shape index (κ2) is 11.1. The molecule has 0 radical (unpaired) electrons. The smallest absolute Gasteiger partial charge is 0.311 e. The first-order valence-corrected chi connectivity index (χ1v) is 7.96. The minimum Gasteiger partial charge on any atom is -0.490 e. The van der Waals surface area contributed by atoms with E-state index in [2.05, 4.69) is 10.6 Å². The second-order valence-corrected chi connectivity index (χ2v) is 5.74. The minimum atomic E-state index is -0.473. The van der Waals surface area contributed by atoms with Crippen LogP contribution in [0, 0.1) is 10.1 Å². The molecular formula is C14H22ClN3O4S. The van der Waals surface area contributed by atoms with E-state index in [1.165, 1.54) is 24.9 Å². The molecule has 0 bridgehead atoms. The number of hydrogen-bond donors (Lipinski definition) is 2. The number of likely N-dealkylation sites (N-methyl/N-ethyl adjacent to an activating group) is 1. The molecule has 1 rings (SSSR count). The molecular weight excluding hydrogens is 342 g/mol. The molecule has 1 atom stereocenters. The lowest BCUT2D eigenvalue weighted by Gasteiger charge is -2.11. The van der Waals surface area contributed by atoms with Crippen LogP contribution in [0.3, 0.4) is 0 Å². The van der Waals surface area contributed by atoms with Gasteiger partial charge in [0.2, 0.25) is 5.91 Å². The predicted molar refractivity (Wildman–Crippen MR) is 94.6 cm³/mol. The van der Waals surface area contributed by atoms with E-state index in [-0.39, 0.29) is 35.8 Å². The van der Waals surface area contributed by atoms with E-state index in [4.69, 9.17) is 4.74 Å². The minimum absolute atomic E-state index is 0. The van der Waals surface area contributed by atoms with Gasteiger partial charge in [0.05, 0.1) is 17.8 Å². The highest BCUT2D eigenvalue weighted by Crippen LogP contribution is 2.28. The summed E-state index contributed by atoms with van der Waals surface area (Å²) in [6.07, 6.45) is 0. The van der Waals surface area contributed by atoms with Crippen molar-refractivity contribution in [1.29, 1.82) is 0 Å². The fraction of sp³-hybridized carbons (Fsp3) is 0.500. The van der Waals surface area contributed by atoms with E-state index in [1.54, 1.807) is 12.1 Å². The predicted octanol–water partition coefficient (Wildman–Crippen LogP) is 1.98. The van der Waals surface area contributed by atoms with Gasteiger partial charge in [-0.25, -0.2) is 0 Å². The topological polar surface area (TPSA) is 93.5 Å².